The van der Waals surface area contributed by atoms with Crippen LogP contribution in [0.25, 0.3) is 0 Å². The lowest BCUT2D eigenvalue weighted by molar-refractivity contribution is -0.131. The number of carbonyl (C=O) groups excluding carboxylic acids is 1. The first-order valence-corrected chi connectivity index (χ1v) is 8.02. The third kappa shape index (κ3) is 3.89. The number of fused-ring (bicyclic) bond motifs is 1. The quantitative estimate of drug-likeness (QED) is 0.833. The smallest absolute Gasteiger partial charge is 0.236 e. The van der Waals surface area contributed by atoms with Crippen molar-refractivity contribution in [1.29, 1.82) is 0 Å². The molecule has 126 valence electrons. The standard InChI is InChI=1S/C18H22N4O2/c1-21(10-14-4-3-5-16(8-14)24-2)18(23)12-22-7-6-15-9-19-13-20-17(15)11-22/h3-5,8-9,13H,6-7,10-12H2,1-2H3. The number of carbonyl (C=O) groups is 1. The molecule has 1 amide bonds. The van der Waals surface area contributed by atoms with Crippen molar-refractivity contribution in [2.24, 2.45) is 0 Å². The second-order valence-corrected chi connectivity index (χ2v) is 6.06. The summed E-state index contributed by atoms with van der Waals surface area (Å²) in [5.41, 5.74) is 3.27. The molecule has 6 nitrogen and oxygen atoms in total. The zero-order chi connectivity index (χ0) is 16.9. The van der Waals surface area contributed by atoms with Gasteiger partial charge in [-0.15, -0.1) is 0 Å². The summed E-state index contributed by atoms with van der Waals surface area (Å²) in [6, 6.07) is 7.80. The SMILES string of the molecule is COc1cccc(CN(C)C(=O)CN2CCc3cncnc3C2)c1. The number of nitrogens with zero attached hydrogens (tertiary/aromatic N) is 4. The Morgan fingerprint density at radius 2 is 2.29 bits per heavy atom. The minimum absolute atomic E-state index is 0.107. The molecule has 2 aromatic rings. The number of amides is 1. The van der Waals surface area contributed by atoms with Crippen molar-refractivity contribution in [3.05, 3.63) is 53.6 Å². The van der Waals surface area contributed by atoms with Gasteiger partial charge in [0.25, 0.3) is 0 Å². The van der Waals surface area contributed by atoms with Crippen LogP contribution < -0.4 is 4.74 Å². The Hall–Kier alpha value is -2.47. The number of likely N-dealkylation sites (N-methyl/N-ethyl adjacent to an activating group) is 1. The van der Waals surface area contributed by atoms with Crippen LogP contribution in [-0.2, 0) is 24.3 Å². The number of ether oxygens (including phenoxy) is 1. The molecule has 24 heavy (non-hydrogen) atoms. The van der Waals surface area contributed by atoms with Gasteiger partial charge in [-0.2, -0.15) is 0 Å². The van der Waals surface area contributed by atoms with Crippen molar-refractivity contribution in [3.63, 3.8) is 0 Å². The minimum Gasteiger partial charge on any atom is -0.497 e. The van der Waals surface area contributed by atoms with E-state index in [2.05, 4.69) is 14.9 Å². The van der Waals surface area contributed by atoms with E-state index in [1.54, 1.807) is 18.3 Å². The Morgan fingerprint density at radius 3 is 3.12 bits per heavy atom. The van der Waals surface area contributed by atoms with Crippen LogP contribution in [0.1, 0.15) is 16.8 Å². The van der Waals surface area contributed by atoms with Gasteiger partial charge in [0.1, 0.15) is 12.1 Å². The molecule has 1 aliphatic heterocycles. The molecule has 0 aliphatic carbocycles. The fourth-order valence-corrected chi connectivity index (χ4v) is 2.88. The predicted octanol–water partition coefficient (Wildman–Crippen LogP) is 1.50. The Bertz CT molecular complexity index is 720. The van der Waals surface area contributed by atoms with Gasteiger partial charge in [-0.05, 0) is 29.7 Å². The number of hydrogen-bond acceptors (Lipinski definition) is 5. The first-order chi connectivity index (χ1) is 11.7. The maximum Gasteiger partial charge on any atom is 0.236 e. The molecule has 1 aromatic heterocycles. The second kappa shape index (κ2) is 7.40. The molecule has 2 heterocycles. The third-order valence-corrected chi connectivity index (χ3v) is 4.29. The molecule has 0 atom stereocenters. The molecule has 3 rings (SSSR count). The van der Waals surface area contributed by atoms with E-state index in [4.69, 9.17) is 4.74 Å². The third-order valence-electron chi connectivity index (χ3n) is 4.29. The van der Waals surface area contributed by atoms with Crippen molar-refractivity contribution in [3.8, 4) is 5.75 Å². The van der Waals surface area contributed by atoms with Gasteiger partial charge < -0.3 is 9.64 Å². The molecule has 6 heteroatoms. The lowest BCUT2D eigenvalue weighted by Crippen LogP contribution is -2.40. The summed E-state index contributed by atoms with van der Waals surface area (Å²) in [6.07, 6.45) is 4.33. The van der Waals surface area contributed by atoms with Gasteiger partial charge in [0.2, 0.25) is 5.91 Å². The Balaban J connectivity index is 1.57. The van der Waals surface area contributed by atoms with Gasteiger partial charge in [-0.3, -0.25) is 9.69 Å². The van der Waals surface area contributed by atoms with E-state index in [1.165, 1.54) is 5.56 Å². The summed E-state index contributed by atoms with van der Waals surface area (Å²) in [7, 11) is 3.48. The van der Waals surface area contributed by atoms with Gasteiger partial charge >= 0.3 is 0 Å². The molecule has 0 bridgehead atoms. The maximum absolute atomic E-state index is 12.5. The van der Waals surface area contributed by atoms with Gasteiger partial charge in [-0.1, -0.05) is 12.1 Å². The fraction of sp³-hybridized carbons (Fsp3) is 0.389. The highest BCUT2D eigenvalue weighted by molar-refractivity contribution is 5.78. The molecule has 0 fully saturated rings. The highest BCUT2D eigenvalue weighted by Crippen LogP contribution is 2.16. The highest BCUT2D eigenvalue weighted by Gasteiger charge is 2.21. The zero-order valence-corrected chi connectivity index (χ0v) is 14.1. The largest absolute Gasteiger partial charge is 0.497 e. The molecule has 1 aromatic carbocycles. The van der Waals surface area contributed by atoms with Crippen LogP contribution >= 0.6 is 0 Å². The number of benzene rings is 1. The first-order valence-electron chi connectivity index (χ1n) is 8.02. The summed E-state index contributed by atoms with van der Waals surface area (Å²) >= 11 is 0. The highest BCUT2D eigenvalue weighted by atomic mass is 16.5. The van der Waals surface area contributed by atoms with Crippen LogP contribution in [0.2, 0.25) is 0 Å². The Kier molecular flexibility index (Phi) is 5.05. The van der Waals surface area contributed by atoms with Gasteiger partial charge in [0, 0.05) is 32.9 Å². The van der Waals surface area contributed by atoms with Crippen LogP contribution in [0.4, 0.5) is 0 Å². The van der Waals surface area contributed by atoms with Crippen LogP contribution in [0.3, 0.4) is 0 Å². The molecule has 0 spiro atoms. The number of rotatable bonds is 5. The van der Waals surface area contributed by atoms with Crippen molar-refractivity contribution in [2.45, 2.75) is 19.5 Å². The summed E-state index contributed by atoms with van der Waals surface area (Å²) in [5.74, 6) is 0.913. The number of aromatic nitrogens is 2. The summed E-state index contributed by atoms with van der Waals surface area (Å²) in [6.45, 7) is 2.54. The van der Waals surface area contributed by atoms with E-state index in [9.17, 15) is 4.79 Å². The van der Waals surface area contributed by atoms with Crippen molar-refractivity contribution in [2.75, 3.05) is 27.2 Å². The van der Waals surface area contributed by atoms with Crippen molar-refractivity contribution in [1.82, 2.24) is 19.8 Å². The molecule has 0 saturated heterocycles. The van der Waals surface area contributed by atoms with Crippen LogP contribution in [0.15, 0.2) is 36.8 Å². The second-order valence-electron chi connectivity index (χ2n) is 6.06. The molecule has 1 aliphatic rings. The van der Waals surface area contributed by atoms with Gasteiger partial charge in [0.15, 0.2) is 0 Å². The molecular formula is C18H22N4O2. The predicted molar refractivity (Wildman–Crippen MR) is 90.5 cm³/mol. The van der Waals surface area contributed by atoms with E-state index in [0.717, 1.165) is 30.0 Å². The molecule has 0 saturated carbocycles. The van der Waals surface area contributed by atoms with Crippen molar-refractivity contribution < 1.29 is 9.53 Å². The van der Waals surface area contributed by atoms with Crippen molar-refractivity contribution >= 4 is 5.91 Å². The zero-order valence-electron chi connectivity index (χ0n) is 14.1. The lowest BCUT2D eigenvalue weighted by Gasteiger charge is -2.28. The van der Waals surface area contributed by atoms with Crippen LogP contribution in [-0.4, -0.2) is 52.9 Å². The molecular weight excluding hydrogens is 304 g/mol. The number of hydrogen-bond donors (Lipinski definition) is 0. The summed E-state index contributed by atoms with van der Waals surface area (Å²) in [4.78, 5) is 24.8. The molecule has 0 N–H and O–H groups in total. The van der Waals surface area contributed by atoms with Crippen LogP contribution in [0, 0.1) is 0 Å². The summed E-state index contributed by atoms with van der Waals surface area (Å²) in [5, 5.41) is 0. The van der Waals surface area contributed by atoms with E-state index in [0.29, 0.717) is 19.6 Å². The molecule has 0 radical (unpaired) electrons. The maximum atomic E-state index is 12.5. The fourth-order valence-electron chi connectivity index (χ4n) is 2.88. The number of methoxy groups -OCH3 is 1. The van der Waals surface area contributed by atoms with E-state index in [-0.39, 0.29) is 5.91 Å². The topological polar surface area (TPSA) is 58.6 Å². The Morgan fingerprint density at radius 1 is 1.42 bits per heavy atom. The average molecular weight is 326 g/mol. The molecule has 0 unspecified atom stereocenters. The minimum atomic E-state index is 0.107. The lowest BCUT2D eigenvalue weighted by atomic mass is 10.1. The van der Waals surface area contributed by atoms with E-state index >= 15 is 0 Å². The first kappa shape index (κ1) is 16.4. The average Bonchev–Trinajstić information content (AvgIpc) is 2.61. The van der Waals surface area contributed by atoms with E-state index in [1.807, 2.05) is 37.5 Å². The Labute approximate surface area is 142 Å². The summed E-state index contributed by atoms with van der Waals surface area (Å²) < 4.78 is 5.23. The van der Waals surface area contributed by atoms with E-state index < -0.39 is 0 Å². The monoisotopic (exact) mass is 326 g/mol. The normalized spacial score (nSPS) is 14.1. The van der Waals surface area contributed by atoms with Crippen LogP contribution in [0.5, 0.6) is 5.75 Å². The van der Waals surface area contributed by atoms with Gasteiger partial charge in [0.05, 0.1) is 19.3 Å². The van der Waals surface area contributed by atoms with Gasteiger partial charge in [-0.25, -0.2) is 9.97 Å².